The topological polar surface area (TPSA) is 9.72 Å². The second-order valence-corrected chi connectivity index (χ2v) is 8.07. The average molecular weight is 373 g/mol. The summed E-state index contributed by atoms with van der Waals surface area (Å²) < 4.78 is 8.28. The predicted octanol–water partition coefficient (Wildman–Crippen LogP) is 5.02. The molecule has 0 aromatic rings. The van der Waals surface area contributed by atoms with Crippen LogP contribution in [0.25, 0.3) is 0 Å². The molecule has 0 spiro atoms. The lowest BCUT2D eigenvalue weighted by molar-refractivity contribution is 0.328. The number of hydrogen-bond acceptors (Lipinski definition) is 3. The van der Waals surface area contributed by atoms with Gasteiger partial charge in [-0.25, -0.2) is 0 Å². The SMILES string of the molecule is CCCN(CCC)[S+](N(CCC)CCC)N(CCC)CCC.F.F. The molecule has 0 aromatic heterocycles. The van der Waals surface area contributed by atoms with Gasteiger partial charge in [0.15, 0.2) is 0 Å². The van der Waals surface area contributed by atoms with E-state index in [0.29, 0.717) is 0 Å². The lowest BCUT2D eigenvalue weighted by Gasteiger charge is -2.33. The summed E-state index contributed by atoms with van der Waals surface area (Å²) in [5.74, 6) is 0. The van der Waals surface area contributed by atoms with Crippen molar-refractivity contribution in [2.75, 3.05) is 39.3 Å². The molecule has 0 atom stereocenters. The Balaban J connectivity index is -0.00000220. The minimum absolute atomic E-state index is 0. The Morgan fingerprint density at radius 2 is 0.583 bits per heavy atom. The summed E-state index contributed by atoms with van der Waals surface area (Å²) in [6, 6.07) is 0. The molecule has 3 nitrogen and oxygen atoms in total. The molecule has 0 fully saturated rings. The van der Waals surface area contributed by atoms with Crippen LogP contribution in [0.4, 0.5) is 9.41 Å². The van der Waals surface area contributed by atoms with Crippen molar-refractivity contribution in [2.45, 2.75) is 80.1 Å². The monoisotopic (exact) mass is 372 g/mol. The van der Waals surface area contributed by atoms with Crippen molar-refractivity contribution in [3.63, 3.8) is 0 Å². The highest BCUT2D eigenvalue weighted by molar-refractivity contribution is 7.90. The fraction of sp³-hybridized carbons (Fsp3) is 1.00. The molecule has 0 aliphatic heterocycles. The van der Waals surface area contributed by atoms with Crippen LogP contribution in [0.15, 0.2) is 0 Å². The summed E-state index contributed by atoms with van der Waals surface area (Å²) in [5.41, 5.74) is 0. The van der Waals surface area contributed by atoms with E-state index in [2.05, 4.69) is 54.5 Å². The van der Waals surface area contributed by atoms with Crippen molar-refractivity contribution in [3.8, 4) is 0 Å². The first-order valence-corrected chi connectivity index (χ1v) is 10.8. The fourth-order valence-electron chi connectivity index (χ4n) is 2.81. The zero-order valence-electron chi connectivity index (χ0n) is 17.1. The quantitative estimate of drug-likeness (QED) is 0.374. The smallest absolute Gasteiger partial charge is 0.268 e. The Morgan fingerprint density at radius 3 is 0.708 bits per heavy atom. The van der Waals surface area contributed by atoms with Crippen LogP contribution in [0.1, 0.15) is 80.1 Å². The molecule has 150 valence electrons. The standard InChI is InChI=1S/C18H42N3S.2FH/c1-7-13-19(14-8-2)22(20(15-9-3)16-10-4)21(17-11-5)18-12-6;;/h7-18H2,1-6H3;2*1H/q+1;;. The maximum absolute atomic E-state index is 2.76. The van der Waals surface area contributed by atoms with Crippen LogP contribution >= 0.6 is 0 Å². The van der Waals surface area contributed by atoms with Crippen LogP contribution in [0, 0.1) is 0 Å². The number of hydrogen-bond donors (Lipinski definition) is 0. The van der Waals surface area contributed by atoms with Gasteiger partial charge >= 0.3 is 0 Å². The van der Waals surface area contributed by atoms with Gasteiger partial charge in [0.2, 0.25) is 0 Å². The molecule has 0 radical (unpaired) electrons. The predicted molar refractivity (Wildman–Crippen MR) is 109 cm³/mol. The lowest BCUT2D eigenvalue weighted by Crippen LogP contribution is -2.54. The first kappa shape index (κ1) is 28.9. The number of rotatable bonds is 15. The first-order valence-electron chi connectivity index (χ1n) is 9.69. The van der Waals surface area contributed by atoms with Crippen molar-refractivity contribution >= 4 is 11.5 Å². The Kier molecular flexibility index (Phi) is 23.4. The summed E-state index contributed by atoms with van der Waals surface area (Å²) in [5, 5.41) is 0. The molecule has 0 aromatic carbocycles. The molecule has 0 N–H and O–H groups in total. The van der Waals surface area contributed by atoms with Gasteiger partial charge in [0, 0.05) is 39.3 Å². The molecule has 0 saturated heterocycles. The van der Waals surface area contributed by atoms with Crippen LogP contribution in [0.3, 0.4) is 0 Å². The van der Waals surface area contributed by atoms with Crippen molar-refractivity contribution in [1.29, 1.82) is 0 Å². The molecule has 0 amide bonds. The maximum atomic E-state index is 2.76. The molecular formula is C18H44F2N3S+. The summed E-state index contributed by atoms with van der Waals surface area (Å²) >= 11 is 0.163. The van der Waals surface area contributed by atoms with Gasteiger partial charge in [-0.2, -0.15) is 0 Å². The van der Waals surface area contributed by atoms with Gasteiger partial charge in [-0.1, -0.05) is 54.5 Å². The van der Waals surface area contributed by atoms with Gasteiger partial charge in [-0.15, -0.1) is 0 Å². The summed E-state index contributed by atoms with van der Waals surface area (Å²) in [7, 11) is 0. The average Bonchev–Trinajstić information content (AvgIpc) is 2.49. The summed E-state index contributed by atoms with van der Waals surface area (Å²) in [6.45, 7) is 21.3. The third-order valence-electron chi connectivity index (χ3n) is 3.53. The van der Waals surface area contributed by atoms with Crippen LogP contribution in [0.2, 0.25) is 0 Å². The highest BCUT2D eigenvalue weighted by Crippen LogP contribution is 2.20. The second kappa shape index (κ2) is 19.4. The normalized spacial score (nSPS) is 11.2. The Morgan fingerprint density at radius 1 is 0.417 bits per heavy atom. The van der Waals surface area contributed by atoms with E-state index in [1.807, 2.05) is 0 Å². The molecule has 0 unspecified atom stereocenters. The van der Waals surface area contributed by atoms with E-state index in [1.165, 1.54) is 77.8 Å². The number of halogens is 2. The van der Waals surface area contributed by atoms with E-state index < -0.39 is 0 Å². The second-order valence-electron chi connectivity index (χ2n) is 6.03. The molecular weight excluding hydrogens is 328 g/mol. The molecule has 0 rings (SSSR count). The Labute approximate surface area is 153 Å². The van der Waals surface area contributed by atoms with E-state index in [4.69, 9.17) is 0 Å². The highest BCUT2D eigenvalue weighted by atomic mass is 32.2. The molecule has 0 aliphatic rings. The molecule has 0 aliphatic carbocycles. The minimum atomic E-state index is 0. The van der Waals surface area contributed by atoms with E-state index in [0.717, 1.165) is 0 Å². The van der Waals surface area contributed by atoms with Gasteiger partial charge < -0.3 is 0 Å². The van der Waals surface area contributed by atoms with Gasteiger partial charge in [0.05, 0.1) is 0 Å². The third-order valence-corrected chi connectivity index (χ3v) is 6.01. The molecule has 0 heterocycles. The van der Waals surface area contributed by atoms with Gasteiger partial charge in [-0.3, -0.25) is 9.41 Å². The Hall–Kier alpha value is 0.0900. The van der Waals surface area contributed by atoms with Crippen LogP contribution in [-0.4, -0.2) is 52.2 Å². The van der Waals surface area contributed by atoms with Crippen LogP contribution in [-0.2, 0) is 11.5 Å². The molecule has 24 heavy (non-hydrogen) atoms. The molecule has 0 saturated carbocycles. The van der Waals surface area contributed by atoms with E-state index in [1.54, 1.807) is 0 Å². The van der Waals surface area contributed by atoms with Gasteiger partial charge in [0.25, 0.3) is 11.5 Å². The van der Waals surface area contributed by atoms with Crippen molar-refractivity contribution < 1.29 is 9.41 Å². The Bertz CT molecular complexity index is 192. The van der Waals surface area contributed by atoms with Crippen molar-refractivity contribution in [1.82, 2.24) is 12.9 Å². The lowest BCUT2D eigenvalue weighted by atomic mass is 10.4. The van der Waals surface area contributed by atoms with E-state index in [9.17, 15) is 0 Å². The number of nitrogens with zero attached hydrogens (tertiary/aromatic N) is 3. The zero-order valence-corrected chi connectivity index (χ0v) is 17.9. The molecule has 0 bridgehead atoms. The van der Waals surface area contributed by atoms with Crippen LogP contribution in [0.5, 0.6) is 0 Å². The largest absolute Gasteiger partial charge is 0.269 e. The zero-order chi connectivity index (χ0) is 16.8. The van der Waals surface area contributed by atoms with Crippen LogP contribution < -0.4 is 0 Å². The third kappa shape index (κ3) is 10.9. The van der Waals surface area contributed by atoms with Gasteiger partial charge in [-0.05, 0) is 38.5 Å². The van der Waals surface area contributed by atoms with E-state index in [-0.39, 0.29) is 20.9 Å². The summed E-state index contributed by atoms with van der Waals surface area (Å²) in [6.07, 6.45) is 7.51. The van der Waals surface area contributed by atoms with E-state index >= 15 is 0 Å². The van der Waals surface area contributed by atoms with Crippen molar-refractivity contribution in [3.05, 3.63) is 0 Å². The first-order chi connectivity index (χ1) is 10.7. The van der Waals surface area contributed by atoms with Crippen molar-refractivity contribution in [2.24, 2.45) is 0 Å². The fourth-order valence-corrected chi connectivity index (χ4v) is 5.87. The maximum Gasteiger partial charge on any atom is 0.268 e. The highest BCUT2D eigenvalue weighted by Gasteiger charge is 2.41. The van der Waals surface area contributed by atoms with Gasteiger partial charge in [0.1, 0.15) is 0 Å². The molecule has 6 heteroatoms. The summed E-state index contributed by atoms with van der Waals surface area (Å²) in [4.78, 5) is 0. The minimum Gasteiger partial charge on any atom is -0.269 e.